The fourth-order valence-corrected chi connectivity index (χ4v) is 3.75. The number of carbonyl (C=O) groups is 1. The third-order valence-corrected chi connectivity index (χ3v) is 5.17. The molecule has 1 saturated heterocycles. The van der Waals surface area contributed by atoms with Crippen molar-refractivity contribution in [3.8, 4) is 5.69 Å². The fourth-order valence-electron chi connectivity index (χ4n) is 3.75. The zero-order chi connectivity index (χ0) is 18.4. The lowest BCUT2D eigenvalue weighted by atomic mass is 10.3. The summed E-state index contributed by atoms with van der Waals surface area (Å²) in [7, 11) is 0. The lowest BCUT2D eigenvalue weighted by Gasteiger charge is -2.17. The first-order valence-electron chi connectivity index (χ1n) is 9.22. The van der Waals surface area contributed by atoms with Gasteiger partial charge in [0, 0.05) is 25.5 Å². The Morgan fingerprint density at radius 2 is 1.89 bits per heavy atom. The van der Waals surface area contributed by atoms with Crippen LogP contribution in [0.25, 0.3) is 5.69 Å². The molecule has 0 aromatic carbocycles. The fraction of sp³-hybridized carbons (Fsp3) is 0.300. The molecule has 3 aromatic rings. The largest absolute Gasteiger partial charge is 0.357 e. The molecule has 0 spiro atoms. The average Bonchev–Trinajstić information content (AvgIpc) is 3.40. The maximum absolute atomic E-state index is 12.8. The smallest absolute Gasteiger partial charge is 0.262 e. The molecule has 0 saturated carbocycles. The number of hydrogen-bond donors (Lipinski definition) is 0. The van der Waals surface area contributed by atoms with E-state index < -0.39 is 0 Å². The van der Waals surface area contributed by atoms with Crippen molar-refractivity contribution in [1.29, 1.82) is 0 Å². The van der Waals surface area contributed by atoms with Crippen molar-refractivity contribution in [3.63, 3.8) is 0 Å². The lowest BCUT2D eigenvalue weighted by Crippen LogP contribution is -2.24. The highest BCUT2D eigenvalue weighted by atomic mass is 16.2. The van der Waals surface area contributed by atoms with E-state index in [9.17, 15) is 4.79 Å². The Morgan fingerprint density at radius 3 is 2.59 bits per heavy atom. The highest BCUT2D eigenvalue weighted by Crippen LogP contribution is 2.28. The third-order valence-electron chi connectivity index (χ3n) is 5.17. The van der Waals surface area contributed by atoms with Gasteiger partial charge in [-0.3, -0.25) is 9.78 Å². The van der Waals surface area contributed by atoms with E-state index in [1.165, 1.54) is 12.8 Å². The summed E-state index contributed by atoms with van der Waals surface area (Å²) >= 11 is 0. The summed E-state index contributed by atoms with van der Waals surface area (Å²) < 4.78 is 1.75. The summed E-state index contributed by atoms with van der Waals surface area (Å²) in [4.78, 5) is 25.6. The predicted octanol–water partition coefficient (Wildman–Crippen LogP) is 2.73. The summed E-state index contributed by atoms with van der Waals surface area (Å²) in [6.07, 6.45) is 9.57. The Balaban J connectivity index is 1.39. The number of carbonyl (C=O) groups excluding carboxylic acids is 1. The molecule has 7 heteroatoms. The summed E-state index contributed by atoms with van der Waals surface area (Å²) in [5, 5.41) is 4.62. The number of nitrogens with zero attached hydrogens (tertiary/aromatic N) is 6. The van der Waals surface area contributed by atoms with Gasteiger partial charge in [-0.15, -0.1) is 0 Å². The van der Waals surface area contributed by atoms with Gasteiger partial charge in [0.05, 0.1) is 41.6 Å². The molecule has 1 amide bonds. The average molecular weight is 360 g/mol. The molecule has 0 atom stereocenters. The summed E-state index contributed by atoms with van der Waals surface area (Å²) in [6.45, 7) is 4.57. The molecule has 0 bridgehead atoms. The molecule has 3 aromatic heterocycles. The molecule has 2 aliphatic rings. The van der Waals surface area contributed by atoms with E-state index in [2.05, 4.69) is 20.0 Å². The van der Waals surface area contributed by atoms with Crippen LogP contribution in [-0.2, 0) is 6.54 Å². The van der Waals surface area contributed by atoms with E-state index in [0.29, 0.717) is 12.1 Å². The molecule has 0 radical (unpaired) electrons. The molecular formula is C20H20N6O. The van der Waals surface area contributed by atoms with Crippen LogP contribution in [0.15, 0.2) is 43.0 Å². The molecule has 0 N–H and O–H groups in total. The van der Waals surface area contributed by atoms with Crippen LogP contribution in [0, 0.1) is 6.92 Å². The van der Waals surface area contributed by atoms with Gasteiger partial charge >= 0.3 is 0 Å². The van der Waals surface area contributed by atoms with Crippen molar-refractivity contribution in [3.05, 3.63) is 59.8 Å². The number of pyridine rings is 2. The molecular weight excluding hydrogens is 340 g/mol. The Bertz CT molecular complexity index is 1000. The molecule has 2 aliphatic heterocycles. The topological polar surface area (TPSA) is 67.2 Å². The highest BCUT2D eigenvalue weighted by Gasteiger charge is 2.32. The van der Waals surface area contributed by atoms with Gasteiger partial charge in [-0.1, -0.05) is 0 Å². The van der Waals surface area contributed by atoms with Crippen LogP contribution in [0.2, 0.25) is 0 Å². The van der Waals surface area contributed by atoms with Crippen LogP contribution >= 0.6 is 0 Å². The van der Waals surface area contributed by atoms with E-state index in [1.807, 2.05) is 31.3 Å². The van der Waals surface area contributed by atoms with Crippen LogP contribution in [0.1, 0.15) is 34.5 Å². The molecule has 27 heavy (non-hydrogen) atoms. The van der Waals surface area contributed by atoms with E-state index >= 15 is 0 Å². The first-order valence-corrected chi connectivity index (χ1v) is 9.22. The zero-order valence-electron chi connectivity index (χ0n) is 15.2. The van der Waals surface area contributed by atoms with Crippen molar-refractivity contribution < 1.29 is 4.79 Å². The van der Waals surface area contributed by atoms with Crippen LogP contribution in [-0.4, -0.2) is 38.7 Å². The minimum atomic E-state index is -0.0368. The minimum absolute atomic E-state index is 0.0368. The summed E-state index contributed by atoms with van der Waals surface area (Å²) in [5.41, 5.74) is 4.12. The van der Waals surface area contributed by atoms with Gasteiger partial charge in [-0.05, 0) is 43.5 Å². The third kappa shape index (κ3) is 2.75. The maximum Gasteiger partial charge on any atom is 0.262 e. The van der Waals surface area contributed by atoms with Gasteiger partial charge in [0.1, 0.15) is 5.82 Å². The standard InChI is InChI=1S/C20H20N6O/c1-14-8-16(10-21-9-14)25-13-18-17(20(25)27)12-26(23-18)15-4-5-19(22-11-15)24-6-2-3-7-24/h4-5,8-12H,2-3,6-7,13H2,1H3. The van der Waals surface area contributed by atoms with Crippen molar-refractivity contribution >= 4 is 17.4 Å². The number of amides is 1. The van der Waals surface area contributed by atoms with Crippen LogP contribution in [0.3, 0.4) is 0 Å². The van der Waals surface area contributed by atoms with E-state index in [4.69, 9.17) is 0 Å². The second-order valence-corrected chi connectivity index (χ2v) is 7.11. The maximum atomic E-state index is 12.8. The van der Waals surface area contributed by atoms with Crippen molar-refractivity contribution in [1.82, 2.24) is 19.7 Å². The molecule has 5 rings (SSSR count). The number of rotatable bonds is 3. The Kier molecular flexibility index (Phi) is 3.67. The van der Waals surface area contributed by atoms with Crippen molar-refractivity contribution in [2.45, 2.75) is 26.3 Å². The number of aryl methyl sites for hydroxylation is 1. The van der Waals surface area contributed by atoms with Gasteiger partial charge in [-0.25, -0.2) is 9.67 Å². The van der Waals surface area contributed by atoms with Crippen LogP contribution in [0.4, 0.5) is 11.5 Å². The molecule has 5 heterocycles. The first kappa shape index (κ1) is 16.0. The predicted molar refractivity (Wildman–Crippen MR) is 102 cm³/mol. The molecule has 136 valence electrons. The van der Waals surface area contributed by atoms with Gasteiger partial charge in [0.2, 0.25) is 0 Å². The second kappa shape index (κ2) is 6.19. The normalized spacial score (nSPS) is 16.3. The first-order chi connectivity index (χ1) is 13.2. The Hall–Kier alpha value is -3.22. The SMILES string of the molecule is Cc1cncc(N2Cc3nn(-c4ccc(N5CCCC5)nc4)cc3C2=O)c1. The number of aromatic nitrogens is 4. The van der Waals surface area contributed by atoms with Crippen molar-refractivity contribution in [2.24, 2.45) is 0 Å². The lowest BCUT2D eigenvalue weighted by molar-refractivity contribution is 0.0996. The second-order valence-electron chi connectivity index (χ2n) is 7.11. The van der Waals surface area contributed by atoms with E-state index in [0.717, 1.165) is 41.5 Å². The van der Waals surface area contributed by atoms with Crippen molar-refractivity contribution in [2.75, 3.05) is 22.9 Å². The van der Waals surface area contributed by atoms with Gasteiger partial charge in [-0.2, -0.15) is 5.10 Å². The minimum Gasteiger partial charge on any atom is -0.357 e. The molecule has 0 unspecified atom stereocenters. The number of hydrogen-bond acceptors (Lipinski definition) is 5. The quantitative estimate of drug-likeness (QED) is 0.718. The molecule has 1 fully saturated rings. The van der Waals surface area contributed by atoms with Gasteiger partial charge in [0.15, 0.2) is 0 Å². The zero-order valence-corrected chi connectivity index (χ0v) is 15.2. The Labute approximate surface area is 157 Å². The van der Waals surface area contributed by atoms with Gasteiger partial charge in [0.25, 0.3) is 5.91 Å². The van der Waals surface area contributed by atoms with Gasteiger partial charge < -0.3 is 9.80 Å². The molecule has 7 nitrogen and oxygen atoms in total. The molecule has 0 aliphatic carbocycles. The Morgan fingerprint density at radius 1 is 1.04 bits per heavy atom. The number of anilines is 2. The van der Waals surface area contributed by atoms with Crippen LogP contribution < -0.4 is 9.80 Å². The van der Waals surface area contributed by atoms with E-state index in [1.54, 1.807) is 28.2 Å². The number of fused-ring (bicyclic) bond motifs is 1. The summed E-state index contributed by atoms with van der Waals surface area (Å²) in [5.74, 6) is 0.968. The highest BCUT2D eigenvalue weighted by molar-refractivity contribution is 6.09. The summed E-state index contributed by atoms with van der Waals surface area (Å²) in [6, 6.07) is 6.00. The van der Waals surface area contributed by atoms with Crippen LogP contribution in [0.5, 0.6) is 0 Å². The monoisotopic (exact) mass is 360 g/mol. The van der Waals surface area contributed by atoms with E-state index in [-0.39, 0.29) is 5.91 Å².